The standard InChI is InChI=1S/C16H25BrN2O/c1-16(2,3)18-10-12-6-7-15(14(17)9-12)19-8-4-5-13(19)11-20/h6-7,9,13,18,20H,4-5,8,10-11H2,1-3H3. The molecule has 1 atom stereocenters. The number of hydrogen-bond donors (Lipinski definition) is 2. The molecule has 3 nitrogen and oxygen atoms in total. The van der Waals surface area contributed by atoms with Crippen molar-refractivity contribution in [2.45, 2.75) is 51.7 Å². The Morgan fingerprint density at radius 1 is 1.40 bits per heavy atom. The fourth-order valence-corrected chi connectivity index (χ4v) is 3.26. The predicted octanol–water partition coefficient (Wildman–Crippen LogP) is 3.30. The summed E-state index contributed by atoms with van der Waals surface area (Å²) >= 11 is 3.68. The first-order chi connectivity index (χ1) is 9.40. The molecular weight excluding hydrogens is 316 g/mol. The number of aliphatic hydroxyl groups excluding tert-OH is 1. The number of aliphatic hydroxyl groups is 1. The van der Waals surface area contributed by atoms with E-state index in [1.165, 1.54) is 11.3 Å². The summed E-state index contributed by atoms with van der Waals surface area (Å²) in [6.45, 7) is 8.65. The van der Waals surface area contributed by atoms with Crippen LogP contribution in [0.2, 0.25) is 0 Å². The van der Waals surface area contributed by atoms with Gasteiger partial charge in [-0.3, -0.25) is 0 Å². The number of nitrogens with zero attached hydrogens (tertiary/aromatic N) is 1. The quantitative estimate of drug-likeness (QED) is 0.882. The molecule has 2 N–H and O–H groups in total. The molecule has 1 aromatic rings. The number of nitrogens with one attached hydrogen (secondary N) is 1. The van der Waals surface area contributed by atoms with Crippen LogP contribution in [0.1, 0.15) is 39.2 Å². The first-order valence-corrected chi connectivity index (χ1v) is 8.11. The van der Waals surface area contributed by atoms with Gasteiger partial charge in [0.05, 0.1) is 18.3 Å². The Morgan fingerprint density at radius 2 is 2.15 bits per heavy atom. The van der Waals surface area contributed by atoms with Crippen molar-refractivity contribution in [3.63, 3.8) is 0 Å². The summed E-state index contributed by atoms with van der Waals surface area (Å²) in [7, 11) is 0. The summed E-state index contributed by atoms with van der Waals surface area (Å²) in [6.07, 6.45) is 2.24. The monoisotopic (exact) mass is 340 g/mol. The van der Waals surface area contributed by atoms with Gasteiger partial charge in [0.25, 0.3) is 0 Å². The lowest BCUT2D eigenvalue weighted by Gasteiger charge is -2.27. The van der Waals surface area contributed by atoms with E-state index in [4.69, 9.17) is 0 Å². The lowest BCUT2D eigenvalue weighted by molar-refractivity contribution is 0.266. The molecule has 1 heterocycles. The summed E-state index contributed by atoms with van der Waals surface area (Å²) in [5, 5.41) is 12.9. The van der Waals surface area contributed by atoms with Gasteiger partial charge in [-0.1, -0.05) is 6.07 Å². The average Bonchev–Trinajstić information content (AvgIpc) is 2.83. The lowest BCUT2D eigenvalue weighted by atomic mass is 10.1. The Hall–Kier alpha value is -0.580. The number of hydrogen-bond acceptors (Lipinski definition) is 3. The highest BCUT2D eigenvalue weighted by molar-refractivity contribution is 9.10. The molecule has 0 aromatic heterocycles. The van der Waals surface area contributed by atoms with Crippen LogP contribution >= 0.6 is 15.9 Å². The van der Waals surface area contributed by atoms with E-state index in [1.807, 2.05) is 0 Å². The first kappa shape index (κ1) is 15.8. The van der Waals surface area contributed by atoms with Crippen LogP contribution in [0.25, 0.3) is 0 Å². The molecule has 1 unspecified atom stereocenters. The molecule has 0 amide bonds. The van der Waals surface area contributed by atoms with Gasteiger partial charge in [-0.25, -0.2) is 0 Å². The maximum atomic E-state index is 9.45. The molecule has 112 valence electrons. The van der Waals surface area contributed by atoms with E-state index < -0.39 is 0 Å². The summed E-state index contributed by atoms with van der Waals surface area (Å²) in [6, 6.07) is 6.79. The summed E-state index contributed by atoms with van der Waals surface area (Å²) in [5.41, 5.74) is 2.60. The van der Waals surface area contributed by atoms with Gasteiger partial charge in [-0.05, 0) is 67.2 Å². The molecule has 1 aliphatic heterocycles. The molecule has 1 saturated heterocycles. The maximum Gasteiger partial charge on any atom is 0.0635 e. The van der Waals surface area contributed by atoms with E-state index >= 15 is 0 Å². The average molecular weight is 341 g/mol. The largest absolute Gasteiger partial charge is 0.394 e. The molecule has 2 rings (SSSR count). The van der Waals surface area contributed by atoms with Crippen LogP contribution < -0.4 is 10.2 Å². The number of rotatable bonds is 4. The number of benzene rings is 1. The fraction of sp³-hybridized carbons (Fsp3) is 0.625. The highest BCUT2D eigenvalue weighted by atomic mass is 79.9. The Bertz CT molecular complexity index is 456. The van der Waals surface area contributed by atoms with Crippen LogP contribution in [-0.2, 0) is 6.54 Å². The van der Waals surface area contributed by atoms with Crippen LogP contribution in [0, 0.1) is 0 Å². The Labute approximate surface area is 130 Å². The minimum absolute atomic E-state index is 0.127. The predicted molar refractivity (Wildman–Crippen MR) is 88.2 cm³/mol. The molecule has 1 fully saturated rings. The normalized spacial score (nSPS) is 19.6. The van der Waals surface area contributed by atoms with Gasteiger partial charge >= 0.3 is 0 Å². The van der Waals surface area contributed by atoms with Crippen molar-refractivity contribution in [1.82, 2.24) is 5.32 Å². The Balaban J connectivity index is 2.10. The minimum atomic E-state index is 0.127. The third kappa shape index (κ3) is 3.96. The van der Waals surface area contributed by atoms with E-state index in [1.54, 1.807) is 0 Å². The van der Waals surface area contributed by atoms with Crippen molar-refractivity contribution in [2.75, 3.05) is 18.1 Å². The van der Waals surface area contributed by atoms with Crippen molar-refractivity contribution >= 4 is 21.6 Å². The van der Waals surface area contributed by atoms with Crippen molar-refractivity contribution in [3.05, 3.63) is 28.2 Å². The lowest BCUT2D eigenvalue weighted by Crippen LogP contribution is -2.35. The minimum Gasteiger partial charge on any atom is -0.394 e. The second-order valence-electron chi connectivity index (χ2n) is 6.56. The van der Waals surface area contributed by atoms with Gasteiger partial charge in [0.1, 0.15) is 0 Å². The molecule has 20 heavy (non-hydrogen) atoms. The molecule has 1 aliphatic rings. The van der Waals surface area contributed by atoms with Gasteiger partial charge in [-0.15, -0.1) is 0 Å². The van der Waals surface area contributed by atoms with Crippen LogP contribution in [0.4, 0.5) is 5.69 Å². The smallest absolute Gasteiger partial charge is 0.0635 e. The molecule has 0 radical (unpaired) electrons. The molecule has 0 aliphatic carbocycles. The van der Waals surface area contributed by atoms with E-state index in [0.717, 1.165) is 30.4 Å². The van der Waals surface area contributed by atoms with Crippen LogP contribution in [0.3, 0.4) is 0 Å². The maximum absolute atomic E-state index is 9.45. The van der Waals surface area contributed by atoms with Crippen molar-refractivity contribution < 1.29 is 5.11 Å². The van der Waals surface area contributed by atoms with Crippen molar-refractivity contribution in [1.29, 1.82) is 0 Å². The molecule has 4 heteroatoms. The highest BCUT2D eigenvalue weighted by Gasteiger charge is 2.25. The fourth-order valence-electron chi connectivity index (χ4n) is 2.60. The summed E-state index contributed by atoms with van der Waals surface area (Å²) in [4.78, 5) is 2.31. The SMILES string of the molecule is CC(C)(C)NCc1ccc(N2CCCC2CO)c(Br)c1. The van der Waals surface area contributed by atoms with E-state index in [0.29, 0.717) is 0 Å². The molecule has 0 saturated carbocycles. The van der Waals surface area contributed by atoms with Gasteiger partial charge < -0.3 is 15.3 Å². The zero-order valence-electron chi connectivity index (χ0n) is 12.6. The third-order valence-electron chi connectivity index (χ3n) is 3.73. The Kier molecular flexibility index (Phi) is 5.10. The molecule has 0 spiro atoms. The second kappa shape index (κ2) is 6.46. The van der Waals surface area contributed by atoms with Crippen molar-refractivity contribution in [2.24, 2.45) is 0 Å². The van der Waals surface area contributed by atoms with Crippen LogP contribution in [-0.4, -0.2) is 29.8 Å². The molecular formula is C16H25BrN2O. The van der Waals surface area contributed by atoms with Gasteiger partial charge in [-0.2, -0.15) is 0 Å². The van der Waals surface area contributed by atoms with Crippen LogP contribution in [0.5, 0.6) is 0 Å². The molecule has 1 aromatic carbocycles. The van der Waals surface area contributed by atoms with Gasteiger partial charge in [0.15, 0.2) is 0 Å². The first-order valence-electron chi connectivity index (χ1n) is 7.31. The Morgan fingerprint density at radius 3 is 2.75 bits per heavy atom. The zero-order valence-corrected chi connectivity index (χ0v) is 14.2. The van der Waals surface area contributed by atoms with E-state index in [9.17, 15) is 5.11 Å². The summed E-state index contributed by atoms with van der Waals surface area (Å²) in [5.74, 6) is 0. The van der Waals surface area contributed by atoms with E-state index in [-0.39, 0.29) is 18.2 Å². The van der Waals surface area contributed by atoms with Crippen LogP contribution in [0.15, 0.2) is 22.7 Å². The van der Waals surface area contributed by atoms with Gasteiger partial charge in [0, 0.05) is 23.1 Å². The number of halogens is 1. The third-order valence-corrected chi connectivity index (χ3v) is 4.37. The molecule has 0 bridgehead atoms. The zero-order chi connectivity index (χ0) is 14.8. The number of anilines is 1. The second-order valence-corrected chi connectivity index (χ2v) is 7.42. The topological polar surface area (TPSA) is 35.5 Å². The highest BCUT2D eigenvalue weighted by Crippen LogP contribution is 2.32. The van der Waals surface area contributed by atoms with Crippen molar-refractivity contribution in [3.8, 4) is 0 Å². The summed E-state index contributed by atoms with van der Waals surface area (Å²) < 4.78 is 1.12. The van der Waals surface area contributed by atoms with Gasteiger partial charge in [0.2, 0.25) is 0 Å². The van der Waals surface area contributed by atoms with E-state index in [2.05, 4.69) is 65.1 Å².